The lowest BCUT2D eigenvalue weighted by Gasteiger charge is -2.10. The molecule has 1 fully saturated rings. The highest BCUT2D eigenvalue weighted by Crippen LogP contribution is 2.23. The van der Waals surface area contributed by atoms with Crippen LogP contribution in [0.5, 0.6) is 0 Å². The monoisotopic (exact) mass is 373 g/mol. The predicted octanol–water partition coefficient (Wildman–Crippen LogP) is 2.41. The highest BCUT2D eigenvalue weighted by molar-refractivity contribution is 7.91. The van der Waals surface area contributed by atoms with Gasteiger partial charge in [-0.05, 0) is 42.8 Å². The Labute approximate surface area is 150 Å². The first-order valence-electron chi connectivity index (χ1n) is 7.92. The second-order valence-corrected chi connectivity index (χ2v) is 8.21. The number of benzene rings is 1. The first-order valence-corrected chi connectivity index (χ1v) is 9.74. The van der Waals surface area contributed by atoms with Crippen LogP contribution in [0.1, 0.15) is 12.2 Å². The standard InChI is InChI=1S/C19H16FNO4S/c1-2-13(19(22)21-16-9-10-26(23,24)12-16)11-17-7-8-18(25-17)14-3-5-15(20)6-4-14/h1,3-8,11,16H,9-10,12H2,(H,21,22). The average molecular weight is 373 g/mol. The molecule has 1 aliphatic rings. The van der Waals surface area contributed by atoms with Crippen LogP contribution in [0.15, 0.2) is 46.4 Å². The largest absolute Gasteiger partial charge is 0.457 e. The van der Waals surface area contributed by atoms with Crippen molar-refractivity contribution >= 4 is 21.8 Å². The van der Waals surface area contributed by atoms with E-state index in [4.69, 9.17) is 10.8 Å². The zero-order chi connectivity index (χ0) is 18.7. The van der Waals surface area contributed by atoms with Crippen LogP contribution in [-0.4, -0.2) is 31.9 Å². The average Bonchev–Trinajstić information content (AvgIpc) is 3.19. The molecule has 2 heterocycles. The van der Waals surface area contributed by atoms with Crippen LogP contribution < -0.4 is 5.32 Å². The summed E-state index contributed by atoms with van der Waals surface area (Å²) in [6, 6.07) is 8.70. The highest BCUT2D eigenvalue weighted by atomic mass is 32.2. The number of sulfone groups is 1. The Morgan fingerprint density at radius 3 is 2.62 bits per heavy atom. The minimum absolute atomic E-state index is 0.0364. The van der Waals surface area contributed by atoms with Gasteiger partial charge >= 0.3 is 0 Å². The topological polar surface area (TPSA) is 76.4 Å². The minimum Gasteiger partial charge on any atom is -0.457 e. The number of carbonyl (C=O) groups is 1. The highest BCUT2D eigenvalue weighted by Gasteiger charge is 2.29. The van der Waals surface area contributed by atoms with Crippen LogP contribution in [0, 0.1) is 18.2 Å². The maximum Gasteiger partial charge on any atom is 0.260 e. The molecule has 1 aliphatic heterocycles. The Morgan fingerprint density at radius 2 is 2.00 bits per heavy atom. The first kappa shape index (κ1) is 18.0. The summed E-state index contributed by atoms with van der Waals surface area (Å²) < 4.78 is 41.5. The fourth-order valence-corrected chi connectivity index (χ4v) is 4.36. The number of furan rings is 1. The molecule has 26 heavy (non-hydrogen) atoms. The fraction of sp³-hybridized carbons (Fsp3) is 0.211. The Balaban J connectivity index is 1.74. The Bertz CT molecular complexity index is 997. The van der Waals surface area contributed by atoms with Gasteiger partial charge in [0.2, 0.25) is 0 Å². The van der Waals surface area contributed by atoms with Gasteiger partial charge in [-0.2, -0.15) is 0 Å². The number of hydrogen-bond donors (Lipinski definition) is 1. The molecule has 1 aromatic heterocycles. The second-order valence-electron chi connectivity index (χ2n) is 5.98. The van der Waals surface area contributed by atoms with E-state index in [0.717, 1.165) is 0 Å². The number of amides is 1. The van der Waals surface area contributed by atoms with Gasteiger partial charge in [0.1, 0.15) is 17.3 Å². The second kappa shape index (κ2) is 7.18. The van der Waals surface area contributed by atoms with Crippen molar-refractivity contribution in [1.29, 1.82) is 0 Å². The van der Waals surface area contributed by atoms with Crippen molar-refractivity contribution < 1.29 is 22.0 Å². The van der Waals surface area contributed by atoms with Crippen molar-refractivity contribution in [2.75, 3.05) is 11.5 Å². The molecule has 1 amide bonds. The summed E-state index contributed by atoms with van der Waals surface area (Å²) in [5.74, 6) is 2.29. The summed E-state index contributed by atoms with van der Waals surface area (Å²) in [6.07, 6.45) is 7.19. The third-order valence-corrected chi connectivity index (χ3v) is 5.78. The fourth-order valence-electron chi connectivity index (χ4n) is 2.69. The van der Waals surface area contributed by atoms with Crippen LogP contribution in [0.2, 0.25) is 0 Å². The van der Waals surface area contributed by atoms with E-state index in [1.807, 2.05) is 0 Å². The zero-order valence-corrected chi connectivity index (χ0v) is 14.6. The van der Waals surface area contributed by atoms with Crippen molar-refractivity contribution in [2.24, 2.45) is 0 Å². The molecule has 1 saturated heterocycles. The van der Waals surface area contributed by atoms with Gasteiger partial charge in [0.25, 0.3) is 5.91 Å². The van der Waals surface area contributed by atoms with Gasteiger partial charge in [-0.1, -0.05) is 5.92 Å². The molecule has 1 N–H and O–H groups in total. The SMILES string of the molecule is C#CC(=Cc1ccc(-c2ccc(F)cc2)o1)C(=O)NC1CCS(=O)(=O)C1. The Kier molecular flexibility index (Phi) is 4.96. The van der Waals surface area contributed by atoms with E-state index in [1.165, 1.54) is 18.2 Å². The molecule has 2 aromatic rings. The molecular weight excluding hydrogens is 357 g/mol. The van der Waals surface area contributed by atoms with E-state index in [9.17, 15) is 17.6 Å². The molecule has 3 rings (SSSR count). The summed E-state index contributed by atoms with van der Waals surface area (Å²) in [5, 5.41) is 2.64. The Hall–Kier alpha value is -2.85. The van der Waals surface area contributed by atoms with Crippen molar-refractivity contribution in [2.45, 2.75) is 12.5 Å². The van der Waals surface area contributed by atoms with Gasteiger partial charge in [0.15, 0.2) is 9.84 Å². The zero-order valence-electron chi connectivity index (χ0n) is 13.7. The molecular formula is C19H16FNO4S. The summed E-state index contributed by atoms with van der Waals surface area (Å²) in [6.45, 7) is 0. The van der Waals surface area contributed by atoms with E-state index in [1.54, 1.807) is 24.3 Å². The minimum atomic E-state index is -3.09. The molecule has 0 bridgehead atoms. The quantitative estimate of drug-likeness (QED) is 0.660. The predicted molar refractivity (Wildman–Crippen MR) is 96.1 cm³/mol. The van der Waals surface area contributed by atoms with Crippen molar-refractivity contribution in [1.82, 2.24) is 5.32 Å². The molecule has 0 radical (unpaired) electrons. The molecule has 0 saturated carbocycles. The van der Waals surface area contributed by atoms with Gasteiger partial charge in [-0.15, -0.1) is 6.42 Å². The lowest BCUT2D eigenvalue weighted by Crippen LogP contribution is -2.36. The van der Waals surface area contributed by atoms with E-state index < -0.39 is 21.8 Å². The van der Waals surface area contributed by atoms with Gasteiger partial charge in [0.05, 0.1) is 17.1 Å². The van der Waals surface area contributed by atoms with Gasteiger partial charge in [-0.3, -0.25) is 4.79 Å². The number of rotatable bonds is 4. The van der Waals surface area contributed by atoms with E-state index >= 15 is 0 Å². The summed E-state index contributed by atoms with van der Waals surface area (Å²) in [4.78, 5) is 12.3. The first-order chi connectivity index (χ1) is 12.4. The lowest BCUT2D eigenvalue weighted by molar-refractivity contribution is -0.117. The van der Waals surface area contributed by atoms with Crippen LogP contribution in [0.4, 0.5) is 4.39 Å². The molecule has 1 aromatic carbocycles. The van der Waals surface area contributed by atoms with Crippen molar-refractivity contribution in [3.63, 3.8) is 0 Å². The van der Waals surface area contributed by atoms with Gasteiger partial charge in [0, 0.05) is 17.7 Å². The normalized spacial score (nSPS) is 19.1. The van der Waals surface area contributed by atoms with Gasteiger partial charge < -0.3 is 9.73 Å². The third kappa shape index (κ3) is 4.21. The van der Waals surface area contributed by atoms with Crippen LogP contribution in [-0.2, 0) is 14.6 Å². The van der Waals surface area contributed by atoms with E-state index in [0.29, 0.717) is 23.5 Å². The van der Waals surface area contributed by atoms with Crippen LogP contribution in [0.25, 0.3) is 17.4 Å². The molecule has 7 heteroatoms. The molecule has 1 atom stereocenters. The maximum absolute atomic E-state index is 13.0. The van der Waals surface area contributed by atoms with Crippen LogP contribution >= 0.6 is 0 Å². The molecule has 1 unspecified atom stereocenters. The van der Waals surface area contributed by atoms with Crippen molar-refractivity contribution in [3.05, 3.63) is 53.5 Å². The molecule has 0 aliphatic carbocycles. The number of halogens is 1. The molecule has 5 nitrogen and oxygen atoms in total. The molecule has 0 spiro atoms. The van der Waals surface area contributed by atoms with E-state index in [2.05, 4.69) is 11.2 Å². The summed E-state index contributed by atoms with van der Waals surface area (Å²) >= 11 is 0. The third-order valence-electron chi connectivity index (χ3n) is 4.01. The van der Waals surface area contributed by atoms with E-state index in [-0.39, 0.29) is 22.9 Å². The molecule has 134 valence electrons. The van der Waals surface area contributed by atoms with Crippen LogP contribution in [0.3, 0.4) is 0 Å². The number of carbonyl (C=O) groups excluding carboxylic acids is 1. The smallest absolute Gasteiger partial charge is 0.260 e. The Morgan fingerprint density at radius 1 is 1.27 bits per heavy atom. The van der Waals surface area contributed by atoms with Crippen molar-refractivity contribution in [3.8, 4) is 23.7 Å². The maximum atomic E-state index is 13.0. The lowest BCUT2D eigenvalue weighted by atomic mass is 10.2. The summed E-state index contributed by atoms with van der Waals surface area (Å²) in [7, 11) is -3.09. The number of nitrogens with one attached hydrogen (secondary N) is 1. The number of hydrogen-bond acceptors (Lipinski definition) is 4. The number of terminal acetylenes is 1. The van der Waals surface area contributed by atoms with Gasteiger partial charge in [-0.25, -0.2) is 12.8 Å². The summed E-state index contributed by atoms with van der Waals surface area (Å²) in [5.41, 5.74) is 0.725.